The quantitative estimate of drug-likeness (QED) is 0.508. The molecule has 1 saturated carbocycles. The van der Waals surface area contributed by atoms with E-state index in [1.807, 2.05) is 13.8 Å². The van der Waals surface area contributed by atoms with Gasteiger partial charge in [-0.25, -0.2) is 9.59 Å². The molecule has 0 atom stereocenters. The van der Waals surface area contributed by atoms with Crippen LogP contribution >= 0.6 is 0 Å². The fourth-order valence-electron chi connectivity index (χ4n) is 3.00. The fraction of sp³-hybridized carbons (Fsp3) is 0.800. The zero-order valence-corrected chi connectivity index (χ0v) is 13.4. The molecule has 2 rings (SSSR count). The normalized spacial score (nSPS) is 19.9. The van der Waals surface area contributed by atoms with Gasteiger partial charge in [-0.05, 0) is 25.2 Å². The fourth-order valence-corrected chi connectivity index (χ4v) is 3.00. The molecule has 3 N–H and O–H groups in total. The second-order valence-electron chi connectivity index (χ2n) is 6.56. The van der Waals surface area contributed by atoms with Gasteiger partial charge in [-0.1, -0.05) is 26.7 Å². The third kappa shape index (κ3) is 3.69. The predicted octanol–water partition coefficient (Wildman–Crippen LogP) is 1.20. The van der Waals surface area contributed by atoms with Crippen LogP contribution in [-0.4, -0.2) is 48.0 Å². The molecule has 0 aromatic heterocycles. The lowest BCUT2D eigenvalue weighted by atomic mass is 9.98. The average Bonchev–Trinajstić information content (AvgIpc) is 3.01. The van der Waals surface area contributed by atoms with E-state index in [9.17, 15) is 14.4 Å². The minimum atomic E-state index is -0.640. The molecule has 22 heavy (non-hydrogen) atoms. The molecular formula is C15H26N4O3. The number of rotatable bonds is 6. The number of urea groups is 2. The summed E-state index contributed by atoms with van der Waals surface area (Å²) in [4.78, 5) is 37.1. The summed E-state index contributed by atoms with van der Waals surface area (Å²) in [6.07, 6.45) is 4.01. The first kappa shape index (κ1) is 16.6. The summed E-state index contributed by atoms with van der Waals surface area (Å²) in [5, 5.41) is 8.34. The standard InChI is InChI=1S/C15H26N4O3/c1-11(2)10-17-13(21)16-8-5-9-19-12(20)15(18-14(19)22)6-3-4-7-15/h11H,3-10H2,1-2H3,(H,18,22)(H2,16,17,21). The molecule has 0 aromatic carbocycles. The molecule has 0 radical (unpaired) electrons. The average molecular weight is 310 g/mol. The summed E-state index contributed by atoms with van der Waals surface area (Å²) in [7, 11) is 0. The Balaban J connectivity index is 1.70. The van der Waals surface area contributed by atoms with E-state index in [1.54, 1.807) is 0 Å². The van der Waals surface area contributed by atoms with Crippen molar-refractivity contribution in [1.82, 2.24) is 20.9 Å². The number of carbonyl (C=O) groups is 3. The van der Waals surface area contributed by atoms with Crippen LogP contribution in [0.25, 0.3) is 0 Å². The molecule has 1 saturated heterocycles. The minimum absolute atomic E-state index is 0.0979. The molecule has 124 valence electrons. The molecule has 1 spiro atoms. The predicted molar refractivity (Wildman–Crippen MR) is 82.3 cm³/mol. The number of hydrogen-bond donors (Lipinski definition) is 3. The van der Waals surface area contributed by atoms with Crippen molar-refractivity contribution in [1.29, 1.82) is 0 Å². The van der Waals surface area contributed by atoms with Crippen LogP contribution in [0.2, 0.25) is 0 Å². The number of nitrogens with zero attached hydrogens (tertiary/aromatic N) is 1. The Morgan fingerprint density at radius 1 is 1.27 bits per heavy atom. The summed E-state index contributed by atoms with van der Waals surface area (Å²) in [6.45, 7) is 5.46. The zero-order chi connectivity index (χ0) is 16.2. The highest BCUT2D eigenvalue weighted by molar-refractivity contribution is 6.07. The van der Waals surface area contributed by atoms with Crippen LogP contribution in [0, 0.1) is 5.92 Å². The molecule has 1 aliphatic heterocycles. The van der Waals surface area contributed by atoms with E-state index in [1.165, 1.54) is 4.90 Å². The van der Waals surface area contributed by atoms with E-state index < -0.39 is 5.54 Å². The Labute approximate surface area is 131 Å². The lowest BCUT2D eigenvalue weighted by Crippen LogP contribution is -2.44. The molecule has 1 aliphatic carbocycles. The summed E-state index contributed by atoms with van der Waals surface area (Å²) in [5.74, 6) is 0.304. The Kier molecular flexibility index (Phi) is 5.26. The molecule has 7 nitrogen and oxygen atoms in total. The van der Waals surface area contributed by atoms with Crippen molar-refractivity contribution in [3.63, 3.8) is 0 Å². The van der Waals surface area contributed by atoms with Gasteiger partial charge in [0.05, 0.1) is 0 Å². The highest BCUT2D eigenvalue weighted by Crippen LogP contribution is 2.34. The van der Waals surface area contributed by atoms with Crippen molar-refractivity contribution in [3.05, 3.63) is 0 Å². The van der Waals surface area contributed by atoms with Gasteiger partial charge < -0.3 is 16.0 Å². The van der Waals surface area contributed by atoms with Crippen molar-refractivity contribution < 1.29 is 14.4 Å². The maximum atomic E-state index is 12.4. The van der Waals surface area contributed by atoms with Crippen molar-refractivity contribution in [2.45, 2.75) is 51.5 Å². The van der Waals surface area contributed by atoms with Crippen LogP contribution in [0.15, 0.2) is 0 Å². The lowest BCUT2D eigenvalue weighted by molar-refractivity contribution is -0.131. The summed E-state index contributed by atoms with van der Waals surface area (Å²) < 4.78 is 0. The van der Waals surface area contributed by atoms with Gasteiger partial charge in [0.25, 0.3) is 5.91 Å². The Hall–Kier alpha value is -1.79. The molecule has 5 amide bonds. The molecule has 0 bridgehead atoms. The van der Waals surface area contributed by atoms with Crippen LogP contribution in [-0.2, 0) is 4.79 Å². The highest BCUT2D eigenvalue weighted by Gasteiger charge is 2.51. The van der Waals surface area contributed by atoms with E-state index >= 15 is 0 Å². The van der Waals surface area contributed by atoms with Gasteiger partial charge in [-0.15, -0.1) is 0 Å². The number of amides is 5. The first-order chi connectivity index (χ1) is 10.4. The molecule has 2 aliphatic rings. The molecule has 1 heterocycles. The Morgan fingerprint density at radius 3 is 2.59 bits per heavy atom. The number of nitrogens with one attached hydrogen (secondary N) is 3. The van der Waals surface area contributed by atoms with Gasteiger partial charge in [-0.3, -0.25) is 9.69 Å². The minimum Gasteiger partial charge on any atom is -0.338 e. The third-order valence-corrected chi connectivity index (χ3v) is 4.22. The molecule has 7 heteroatoms. The maximum Gasteiger partial charge on any atom is 0.325 e. The SMILES string of the molecule is CC(C)CNC(=O)NCCCN1C(=O)NC2(CCCC2)C1=O. The smallest absolute Gasteiger partial charge is 0.325 e. The molecule has 0 aromatic rings. The number of carbonyl (C=O) groups excluding carboxylic acids is 3. The van der Waals surface area contributed by atoms with Gasteiger partial charge in [0, 0.05) is 19.6 Å². The first-order valence-electron chi connectivity index (χ1n) is 8.10. The second-order valence-corrected chi connectivity index (χ2v) is 6.56. The summed E-state index contributed by atoms with van der Waals surface area (Å²) in [5.41, 5.74) is -0.640. The largest absolute Gasteiger partial charge is 0.338 e. The van der Waals surface area contributed by atoms with Crippen LogP contribution in [0.1, 0.15) is 46.0 Å². The summed E-state index contributed by atoms with van der Waals surface area (Å²) >= 11 is 0. The Bertz CT molecular complexity index is 444. The van der Waals surface area contributed by atoms with Crippen molar-refractivity contribution in [3.8, 4) is 0 Å². The molecule has 2 fully saturated rings. The topological polar surface area (TPSA) is 90.5 Å². The highest BCUT2D eigenvalue weighted by atomic mass is 16.2. The van der Waals surface area contributed by atoms with E-state index in [2.05, 4.69) is 16.0 Å². The third-order valence-electron chi connectivity index (χ3n) is 4.22. The van der Waals surface area contributed by atoms with E-state index in [0.717, 1.165) is 25.7 Å². The maximum absolute atomic E-state index is 12.4. The van der Waals surface area contributed by atoms with Gasteiger partial charge >= 0.3 is 12.1 Å². The van der Waals surface area contributed by atoms with E-state index in [0.29, 0.717) is 32.0 Å². The molecule has 0 unspecified atom stereocenters. The van der Waals surface area contributed by atoms with Crippen LogP contribution in [0.5, 0.6) is 0 Å². The van der Waals surface area contributed by atoms with Crippen LogP contribution in [0.3, 0.4) is 0 Å². The van der Waals surface area contributed by atoms with Crippen molar-refractivity contribution in [2.75, 3.05) is 19.6 Å². The number of hydrogen-bond acceptors (Lipinski definition) is 3. The van der Waals surface area contributed by atoms with Crippen LogP contribution in [0.4, 0.5) is 9.59 Å². The van der Waals surface area contributed by atoms with Gasteiger partial charge in [0.1, 0.15) is 5.54 Å². The van der Waals surface area contributed by atoms with Gasteiger partial charge in [-0.2, -0.15) is 0 Å². The monoisotopic (exact) mass is 310 g/mol. The Morgan fingerprint density at radius 2 is 1.95 bits per heavy atom. The lowest BCUT2D eigenvalue weighted by Gasteiger charge is -2.20. The van der Waals surface area contributed by atoms with Crippen molar-refractivity contribution >= 4 is 18.0 Å². The van der Waals surface area contributed by atoms with Gasteiger partial charge in [0.15, 0.2) is 0 Å². The summed E-state index contributed by atoms with van der Waals surface area (Å²) in [6, 6.07) is -0.505. The van der Waals surface area contributed by atoms with Crippen LogP contribution < -0.4 is 16.0 Å². The number of imide groups is 1. The molecular weight excluding hydrogens is 284 g/mol. The van der Waals surface area contributed by atoms with E-state index in [4.69, 9.17) is 0 Å². The first-order valence-corrected chi connectivity index (χ1v) is 8.10. The van der Waals surface area contributed by atoms with E-state index in [-0.39, 0.29) is 18.0 Å². The second kappa shape index (κ2) is 6.98. The van der Waals surface area contributed by atoms with Crippen molar-refractivity contribution in [2.24, 2.45) is 5.92 Å². The van der Waals surface area contributed by atoms with Gasteiger partial charge in [0.2, 0.25) is 0 Å². The zero-order valence-electron chi connectivity index (χ0n) is 13.4.